The number of hydrogen-bond donors (Lipinski definition) is 0. The van der Waals surface area contributed by atoms with Gasteiger partial charge in [-0.3, -0.25) is 0 Å². The Balaban J connectivity index is 1.94. The van der Waals surface area contributed by atoms with Gasteiger partial charge in [0.05, 0.1) is 0 Å². The van der Waals surface area contributed by atoms with Crippen molar-refractivity contribution in [2.45, 2.75) is 19.6 Å². The van der Waals surface area contributed by atoms with E-state index in [0.29, 0.717) is 0 Å². The Hall–Kier alpha value is -1.84. The summed E-state index contributed by atoms with van der Waals surface area (Å²) in [6, 6.07) is 27.7. The molecule has 1 nitrogen and oxygen atoms in total. The molecule has 3 aromatic carbocycles. The fraction of sp³-hybridized carbons (Fsp3) is 0.100. The van der Waals surface area contributed by atoms with E-state index in [-0.39, 0.29) is 0 Å². The van der Waals surface area contributed by atoms with Gasteiger partial charge in [-0.05, 0) is 42.5 Å². The lowest BCUT2D eigenvalue weighted by atomic mass is 10.3. The predicted molar refractivity (Wildman–Crippen MR) is 102 cm³/mol. The Labute approximate surface area is 146 Å². The van der Waals surface area contributed by atoms with Crippen LogP contribution in [-0.2, 0) is 0 Å². The van der Waals surface area contributed by atoms with Crippen LogP contribution in [0.25, 0.3) is 0 Å². The minimum atomic E-state index is 1.22. The molecule has 0 amide bonds. The van der Waals surface area contributed by atoms with E-state index in [0.717, 1.165) is 0 Å². The van der Waals surface area contributed by atoms with Gasteiger partial charge in [0.25, 0.3) is 0 Å². The highest BCUT2D eigenvalue weighted by Crippen LogP contribution is 2.40. The maximum atomic E-state index is 2.27. The van der Waals surface area contributed by atoms with E-state index in [4.69, 9.17) is 0 Å². The Kier molecular flexibility index (Phi) is 5.31. The lowest BCUT2D eigenvalue weighted by Crippen LogP contribution is -2.08. The van der Waals surface area contributed by atoms with Crippen molar-refractivity contribution in [2.24, 2.45) is 0 Å². The first-order valence-electron chi connectivity index (χ1n) is 7.49. The summed E-state index contributed by atoms with van der Waals surface area (Å²) in [6.07, 6.45) is 0. The lowest BCUT2D eigenvalue weighted by Gasteiger charge is -2.16. The van der Waals surface area contributed by atoms with Crippen LogP contribution in [0.1, 0.15) is 0 Å². The van der Waals surface area contributed by atoms with E-state index in [2.05, 4.69) is 97.9 Å². The molecule has 0 saturated carbocycles. The average Bonchev–Trinajstić information content (AvgIpc) is 2.58. The maximum Gasteiger partial charge on any atom is 0.0373 e. The molecule has 116 valence electrons. The topological polar surface area (TPSA) is 3.24 Å². The summed E-state index contributed by atoms with van der Waals surface area (Å²) in [7, 11) is 4.16. The summed E-state index contributed by atoms with van der Waals surface area (Å²) in [6.45, 7) is 0. The Morgan fingerprint density at radius 2 is 1.13 bits per heavy atom. The van der Waals surface area contributed by atoms with E-state index >= 15 is 0 Å². The second-order valence-corrected chi connectivity index (χ2v) is 7.59. The second-order valence-electron chi connectivity index (χ2n) is 5.36. The number of hydrogen-bond acceptors (Lipinski definition) is 3. The molecule has 0 aromatic heterocycles. The highest BCUT2D eigenvalue weighted by atomic mass is 32.2. The van der Waals surface area contributed by atoms with Gasteiger partial charge in [0, 0.05) is 39.4 Å². The van der Waals surface area contributed by atoms with Crippen molar-refractivity contribution in [1.82, 2.24) is 0 Å². The van der Waals surface area contributed by atoms with Gasteiger partial charge >= 0.3 is 0 Å². The molecular weight excluding hydrogens is 318 g/mol. The lowest BCUT2D eigenvalue weighted by molar-refractivity contribution is 1.10. The van der Waals surface area contributed by atoms with E-state index in [1.54, 1.807) is 0 Å². The third-order valence-corrected chi connectivity index (χ3v) is 5.66. The molecule has 3 rings (SSSR count). The molecule has 0 saturated heterocycles. The molecule has 0 aliphatic carbocycles. The molecule has 3 heteroatoms. The van der Waals surface area contributed by atoms with Crippen LogP contribution in [0.3, 0.4) is 0 Å². The summed E-state index contributed by atoms with van der Waals surface area (Å²) in [5, 5.41) is 0. The zero-order valence-corrected chi connectivity index (χ0v) is 14.9. The number of rotatable bonds is 5. The maximum absolute atomic E-state index is 2.27. The number of benzene rings is 3. The summed E-state index contributed by atoms with van der Waals surface area (Å²) in [5.74, 6) is 0. The van der Waals surface area contributed by atoms with Gasteiger partial charge < -0.3 is 4.90 Å². The highest BCUT2D eigenvalue weighted by Gasteiger charge is 2.09. The molecule has 0 atom stereocenters. The third kappa shape index (κ3) is 4.34. The Morgan fingerprint density at radius 1 is 0.609 bits per heavy atom. The SMILES string of the molecule is CN(C)c1ccc(Sc2ccccc2)c(Sc2ccccc2)c1. The molecule has 3 aromatic rings. The van der Waals surface area contributed by atoms with Gasteiger partial charge in [0.2, 0.25) is 0 Å². The quantitative estimate of drug-likeness (QED) is 0.557. The van der Waals surface area contributed by atoms with E-state index in [1.165, 1.54) is 25.3 Å². The highest BCUT2D eigenvalue weighted by molar-refractivity contribution is 8.02. The van der Waals surface area contributed by atoms with Crippen molar-refractivity contribution in [1.29, 1.82) is 0 Å². The minimum Gasteiger partial charge on any atom is -0.378 e. The molecule has 0 spiro atoms. The van der Waals surface area contributed by atoms with Gasteiger partial charge in [-0.15, -0.1) is 0 Å². The zero-order chi connectivity index (χ0) is 16.1. The monoisotopic (exact) mass is 337 g/mol. The summed E-state index contributed by atoms with van der Waals surface area (Å²) in [4.78, 5) is 7.25. The van der Waals surface area contributed by atoms with Gasteiger partial charge in [0.1, 0.15) is 0 Å². The molecular formula is C20H19NS2. The normalized spacial score (nSPS) is 10.5. The van der Waals surface area contributed by atoms with Crippen LogP contribution in [0.2, 0.25) is 0 Å². The Morgan fingerprint density at radius 3 is 1.65 bits per heavy atom. The molecule has 0 aliphatic heterocycles. The van der Waals surface area contributed by atoms with Crippen molar-refractivity contribution in [2.75, 3.05) is 19.0 Å². The van der Waals surface area contributed by atoms with Gasteiger partial charge in [0.15, 0.2) is 0 Å². The fourth-order valence-corrected chi connectivity index (χ4v) is 4.16. The van der Waals surface area contributed by atoms with Gasteiger partial charge in [-0.1, -0.05) is 59.9 Å². The summed E-state index contributed by atoms with van der Waals surface area (Å²) < 4.78 is 0. The van der Waals surface area contributed by atoms with Crippen LogP contribution in [0.4, 0.5) is 5.69 Å². The van der Waals surface area contributed by atoms with Crippen molar-refractivity contribution in [3.8, 4) is 0 Å². The Bertz CT molecular complexity index is 755. The molecule has 0 unspecified atom stereocenters. The van der Waals surface area contributed by atoms with Gasteiger partial charge in [-0.2, -0.15) is 0 Å². The molecule has 0 bridgehead atoms. The second kappa shape index (κ2) is 7.62. The molecule has 0 radical (unpaired) electrons. The van der Waals surface area contributed by atoms with Crippen molar-refractivity contribution in [3.05, 3.63) is 78.9 Å². The van der Waals surface area contributed by atoms with Crippen LogP contribution in [0, 0.1) is 0 Å². The minimum absolute atomic E-state index is 1.22. The van der Waals surface area contributed by atoms with E-state index < -0.39 is 0 Å². The standard InChI is InChI=1S/C20H19NS2/c1-21(2)16-13-14-19(22-17-9-5-3-6-10-17)20(15-16)23-18-11-7-4-8-12-18/h3-15H,1-2H3. The van der Waals surface area contributed by atoms with E-state index in [1.807, 2.05) is 23.5 Å². The van der Waals surface area contributed by atoms with Crippen molar-refractivity contribution >= 4 is 29.2 Å². The van der Waals surface area contributed by atoms with E-state index in [9.17, 15) is 0 Å². The van der Waals surface area contributed by atoms with Crippen LogP contribution in [-0.4, -0.2) is 14.1 Å². The molecule has 23 heavy (non-hydrogen) atoms. The third-order valence-electron chi connectivity index (χ3n) is 3.39. The fourth-order valence-electron chi connectivity index (χ4n) is 2.17. The van der Waals surface area contributed by atoms with Crippen LogP contribution < -0.4 is 4.90 Å². The zero-order valence-electron chi connectivity index (χ0n) is 13.3. The van der Waals surface area contributed by atoms with Crippen LogP contribution >= 0.6 is 23.5 Å². The molecule has 0 heterocycles. The first-order valence-corrected chi connectivity index (χ1v) is 9.13. The predicted octanol–water partition coefficient (Wildman–Crippen LogP) is 6.06. The number of nitrogens with zero attached hydrogens (tertiary/aromatic N) is 1. The first-order chi connectivity index (χ1) is 11.2. The molecule has 0 fully saturated rings. The summed E-state index contributed by atoms with van der Waals surface area (Å²) >= 11 is 3.63. The van der Waals surface area contributed by atoms with Gasteiger partial charge in [-0.25, -0.2) is 0 Å². The van der Waals surface area contributed by atoms with Crippen LogP contribution in [0.5, 0.6) is 0 Å². The summed E-state index contributed by atoms with van der Waals surface area (Å²) in [5.41, 5.74) is 1.22. The van der Waals surface area contributed by atoms with Crippen molar-refractivity contribution in [3.63, 3.8) is 0 Å². The van der Waals surface area contributed by atoms with Crippen molar-refractivity contribution < 1.29 is 0 Å². The largest absolute Gasteiger partial charge is 0.378 e. The van der Waals surface area contributed by atoms with Crippen LogP contribution in [0.15, 0.2) is 98.4 Å². The first kappa shape index (κ1) is 16.0. The molecule has 0 aliphatic rings. The smallest absolute Gasteiger partial charge is 0.0373 e. The average molecular weight is 338 g/mol. The number of anilines is 1. The molecule has 0 N–H and O–H groups in total.